The van der Waals surface area contributed by atoms with Crippen molar-refractivity contribution in [3.8, 4) is 5.75 Å². The molecular weight excluding hydrogens is 260 g/mol. The van der Waals surface area contributed by atoms with Crippen LogP contribution in [-0.2, 0) is 0 Å². The molecule has 1 N–H and O–H groups in total. The lowest BCUT2D eigenvalue weighted by Crippen LogP contribution is -2.33. The van der Waals surface area contributed by atoms with Crippen LogP contribution >= 0.6 is 0 Å². The van der Waals surface area contributed by atoms with E-state index in [2.05, 4.69) is 42.3 Å². The van der Waals surface area contributed by atoms with Crippen LogP contribution < -0.4 is 10.1 Å². The van der Waals surface area contributed by atoms with E-state index in [4.69, 9.17) is 4.74 Å². The zero-order chi connectivity index (χ0) is 15.1. The summed E-state index contributed by atoms with van der Waals surface area (Å²) >= 11 is 0. The summed E-state index contributed by atoms with van der Waals surface area (Å²) in [4.78, 5) is 2.60. The molecule has 0 saturated carbocycles. The second kappa shape index (κ2) is 8.40. The number of ether oxygens (including phenoxy) is 1. The molecule has 1 aliphatic heterocycles. The molecule has 1 heterocycles. The molecule has 2 rings (SSSR count). The molecule has 3 heteroatoms. The maximum Gasteiger partial charge on any atom is 0.123 e. The van der Waals surface area contributed by atoms with Crippen LogP contribution in [-0.4, -0.2) is 38.2 Å². The lowest BCUT2D eigenvalue weighted by atomic mass is 10.0. The molecule has 0 spiro atoms. The van der Waals surface area contributed by atoms with Crippen molar-refractivity contribution in [3.05, 3.63) is 29.3 Å². The quantitative estimate of drug-likeness (QED) is 0.867. The highest BCUT2D eigenvalue weighted by molar-refractivity contribution is 5.38. The van der Waals surface area contributed by atoms with E-state index in [1.54, 1.807) is 7.11 Å². The fourth-order valence-corrected chi connectivity index (χ4v) is 3.08. The Kier molecular flexibility index (Phi) is 6.52. The van der Waals surface area contributed by atoms with Crippen LogP contribution in [0.1, 0.15) is 49.8 Å². The first-order chi connectivity index (χ1) is 10.2. The molecule has 0 bridgehead atoms. The van der Waals surface area contributed by atoms with Crippen LogP contribution in [0.5, 0.6) is 5.75 Å². The summed E-state index contributed by atoms with van der Waals surface area (Å²) in [5.41, 5.74) is 2.49. The van der Waals surface area contributed by atoms with Crippen LogP contribution in [0.3, 0.4) is 0 Å². The fourth-order valence-electron chi connectivity index (χ4n) is 3.08. The van der Waals surface area contributed by atoms with Crippen molar-refractivity contribution in [2.45, 2.75) is 45.6 Å². The van der Waals surface area contributed by atoms with Crippen molar-refractivity contribution in [2.75, 3.05) is 33.3 Å². The van der Waals surface area contributed by atoms with E-state index >= 15 is 0 Å². The molecule has 0 amide bonds. The predicted molar refractivity (Wildman–Crippen MR) is 89.1 cm³/mol. The van der Waals surface area contributed by atoms with Crippen molar-refractivity contribution in [1.82, 2.24) is 10.2 Å². The third-order valence-electron chi connectivity index (χ3n) is 4.43. The molecule has 1 unspecified atom stereocenters. The highest BCUT2D eigenvalue weighted by Gasteiger charge is 2.12. The molecule has 1 saturated heterocycles. The van der Waals surface area contributed by atoms with E-state index in [0.717, 1.165) is 18.8 Å². The van der Waals surface area contributed by atoms with E-state index in [9.17, 15) is 0 Å². The predicted octanol–water partition coefficient (Wildman–Crippen LogP) is 3.53. The summed E-state index contributed by atoms with van der Waals surface area (Å²) in [6.07, 6.45) is 5.53. The smallest absolute Gasteiger partial charge is 0.123 e. The van der Waals surface area contributed by atoms with Crippen molar-refractivity contribution < 1.29 is 4.74 Å². The standard InChI is InChI=1S/C18H30N2O/c1-15-8-9-17(18(14-15)21-3)16(2)19-10-13-20-11-6-4-5-7-12-20/h8-9,14,16,19H,4-7,10-13H2,1-3H3. The second-order valence-corrected chi connectivity index (χ2v) is 6.18. The fraction of sp³-hybridized carbons (Fsp3) is 0.667. The first kappa shape index (κ1) is 16.3. The molecule has 1 atom stereocenters. The van der Waals surface area contributed by atoms with Crippen molar-refractivity contribution in [1.29, 1.82) is 0 Å². The van der Waals surface area contributed by atoms with Gasteiger partial charge in [-0.1, -0.05) is 25.0 Å². The van der Waals surface area contributed by atoms with Gasteiger partial charge in [-0.25, -0.2) is 0 Å². The molecule has 1 aromatic rings. The normalized spacial score (nSPS) is 18.2. The number of hydrogen-bond donors (Lipinski definition) is 1. The van der Waals surface area contributed by atoms with Gasteiger partial charge in [0, 0.05) is 24.7 Å². The maximum absolute atomic E-state index is 5.51. The molecule has 1 fully saturated rings. The van der Waals surface area contributed by atoms with Crippen molar-refractivity contribution >= 4 is 0 Å². The molecule has 0 aliphatic carbocycles. The van der Waals surface area contributed by atoms with Gasteiger partial charge in [-0.3, -0.25) is 0 Å². The lowest BCUT2D eigenvalue weighted by molar-refractivity contribution is 0.280. The van der Waals surface area contributed by atoms with Crippen molar-refractivity contribution in [3.63, 3.8) is 0 Å². The Balaban J connectivity index is 1.82. The number of likely N-dealkylation sites (tertiary alicyclic amines) is 1. The van der Waals surface area contributed by atoms with Gasteiger partial charge in [0.25, 0.3) is 0 Å². The summed E-state index contributed by atoms with van der Waals surface area (Å²) in [5.74, 6) is 0.991. The van der Waals surface area contributed by atoms with E-state index in [1.807, 2.05) is 0 Å². The summed E-state index contributed by atoms with van der Waals surface area (Å²) in [5, 5.41) is 3.64. The minimum Gasteiger partial charge on any atom is -0.496 e. The van der Waals surface area contributed by atoms with Gasteiger partial charge in [0.05, 0.1) is 7.11 Å². The SMILES string of the molecule is COc1cc(C)ccc1C(C)NCCN1CCCCCC1. The van der Waals surface area contributed by atoms with Crippen LogP contribution in [0.15, 0.2) is 18.2 Å². The highest BCUT2D eigenvalue weighted by atomic mass is 16.5. The van der Waals surface area contributed by atoms with Gasteiger partial charge in [0.15, 0.2) is 0 Å². The topological polar surface area (TPSA) is 24.5 Å². The third-order valence-corrected chi connectivity index (χ3v) is 4.43. The Morgan fingerprint density at radius 3 is 2.57 bits per heavy atom. The average Bonchev–Trinajstić information content (AvgIpc) is 2.75. The van der Waals surface area contributed by atoms with E-state index < -0.39 is 0 Å². The Morgan fingerprint density at radius 1 is 1.19 bits per heavy atom. The van der Waals surface area contributed by atoms with Crippen molar-refractivity contribution in [2.24, 2.45) is 0 Å². The first-order valence-corrected chi connectivity index (χ1v) is 8.31. The second-order valence-electron chi connectivity index (χ2n) is 6.18. The Morgan fingerprint density at radius 2 is 1.90 bits per heavy atom. The van der Waals surface area contributed by atoms with Crippen LogP contribution in [0, 0.1) is 6.92 Å². The summed E-state index contributed by atoms with van der Waals surface area (Å²) < 4.78 is 5.51. The molecule has 3 nitrogen and oxygen atoms in total. The van der Waals surface area contributed by atoms with Gasteiger partial charge in [0.1, 0.15) is 5.75 Å². The first-order valence-electron chi connectivity index (χ1n) is 8.31. The number of methoxy groups -OCH3 is 1. The van der Waals surface area contributed by atoms with Gasteiger partial charge >= 0.3 is 0 Å². The lowest BCUT2D eigenvalue weighted by Gasteiger charge is -2.22. The molecule has 1 aliphatic rings. The minimum atomic E-state index is 0.326. The Labute approximate surface area is 129 Å². The summed E-state index contributed by atoms with van der Waals surface area (Å²) in [6, 6.07) is 6.78. The third kappa shape index (κ3) is 5.01. The number of nitrogens with one attached hydrogen (secondary N) is 1. The number of aryl methyl sites for hydroxylation is 1. The summed E-state index contributed by atoms with van der Waals surface area (Å²) in [7, 11) is 1.75. The molecule has 118 valence electrons. The number of benzene rings is 1. The number of hydrogen-bond acceptors (Lipinski definition) is 3. The van der Waals surface area contributed by atoms with Gasteiger partial charge in [-0.05, 0) is 51.4 Å². The van der Waals surface area contributed by atoms with Gasteiger partial charge in [0.2, 0.25) is 0 Å². The monoisotopic (exact) mass is 290 g/mol. The van der Waals surface area contributed by atoms with Gasteiger partial charge < -0.3 is 15.0 Å². The Hall–Kier alpha value is -1.06. The van der Waals surface area contributed by atoms with Crippen LogP contribution in [0.4, 0.5) is 0 Å². The number of nitrogens with zero attached hydrogens (tertiary/aromatic N) is 1. The van der Waals surface area contributed by atoms with Crippen LogP contribution in [0.25, 0.3) is 0 Å². The Bertz CT molecular complexity index is 425. The maximum atomic E-state index is 5.51. The molecular formula is C18H30N2O. The highest BCUT2D eigenvalue weighted by Crippen LogP contribution is 2.25. The minimum absolute atomic E-state index is 0.326. The van der Waals surface area contributed by atoms with E-state index in [0.29, 0.717) is 6.04 Å². The number of rotatable bonds is 6. The average molecular weight is 290 g/mol. The zero-order valence-electron chi connectivity index (χ0n) is 13.8. The summed E-state index contributed by atoms with van der Waals surface area (Å²) in [6.45, 7) is 9.05. The largest absolute Gasteiger partial charge is 0.496 e. The van der Waals surface area contributed by atoms with Crippen LogP contribution in [0.2, 0.25) is 0 Å². The molecule has 0 radical (unpaired) electrons. The van der Waals surface area contributed by atoms with E-state index in [-0.39, 0.29) is 0 Å². The van der Waals surface area contributed by atoms with E-state index in [1.165, 1.54) is 49.9 Å². The molecule has 0 aromatic heterocycles. The van der Waals surface area contributed by atoms with Gasteiger partial charge in [-0.2, -0.15) is 0 Å². The molecule has 21 heavy (non-hydrogen) atoms. The van der Waals surface area contributed by atoms with Gasteiger partial charge in [-0.15, -0.1) is 0 Å². The molecule has 1 aromatic carbocycles. The zero-order valence-corrected chi connectivity index (χ0v) is 13.8.